The van der Waals surface area contributed by atoms with Crippen molar-refractivity contribution in [1.82, 2.24) is 9.29 Å². The summed E-state index contributed by atoms with van der Waals surface area (Å²) in [5.41, 5.74) is 0.331. The van der Waals surface area contributed by atoms with Gasteiger partial charge in [0.05, 0.1) is 29.6 Å². The molecule has 0 saturated carbocycles. The number of thiazole rings is 1. The minimum absolute atomic E-state index is 0.0388. The van der Waals surface area contributed by atoms with E-state index in [0.29, 0.717) is 17.3 Å². The molecule has 0 aliphatic heterocycles. The molecule has 0 spiro atoms. The Morgan fingerprint density at radius 1 is 1.18 bits per heavy atom. The maximum Gasteiger partial charge on any atom is 0.280 e. The summed E-state index contributed by atoms with van der Waals surface area (Å²) in [6.45, 7) is 2.87. The molecule has 1 aromatic heterocycles. The topological polar surface area (TPSA) is 129 Å². The van der Waals surface area contributed by atoms with Crippen LogP contribution in [0.4, 0.5) is 5.13 Å². The quantitative estimate of drug-likeness (QED) is 0.299. The number of sulfonamides is 1. The third kappa shape index (κ3) is 7.82. The Hall–Kier alpha value is -2.42. The van der Waals surface area contributed by atoms with Crippen molar-refractivity contribution >= 4 is 38.1 Å². The van der Waals surface area contributed by atoms with Crippen LogP contribution in [0.15, 0.2) is 40.5 Å². The van der Waals surface area contributed by atoms with E-state index < -0.39 is 22.0 Å². The van der Waals surface area contributed by atoms with E-state index in [1.165, 1.54) is 61.2 Å². The predicted molar refractivity (Wildman–Crippen MR) is 129 cm³/mol. The number of aromatic nitrogens is 1. The van der Waals surface area contributed by atoms with Crippen molar-refractivity contribution in [1.29, 1.82) is 0 Å². The molecule has 0 saturated heterocycles. The fraction of sp³-hybridized carbons (Fsp3) is 0.476. The van der Waals surface area contributed by atoms with Crippen molar-refractivity contribution in [3.05, 3.63) is 40.9 Å². The molecule has 2 rings (SSSR count). The van der Waals surface area contributed by atoms with Crippen LogP contribution in [0.5, 0.6) is 0 Å². The zero-order valence-corrected chi connectivity index (χ0v) is 21.4. The lowest BCUT2D eigenvalue weighted by atomic mass is 10.1. The number of oxime groups is 1. The van der Waals surface area contributed by atoms with E-state index in [0.717, 1.165) is 4.88 Å². The van der Waals surface area contributed by atoms with Crippen molar-refractivity contribution in [2.45, 2.75) is 24.5 Å². The lowest BCUT2D eigenvalue weighted by Crippen LogP contribution is -2.30. The summed E-state index contributed by atoms with van der Waals surface area (Å²) in [6, 6.07) is 5.82. The molecule has 0 radical (unpaired) electrons. The Morgan fingerprint density at radius 2 is 1.88 bits per heavy atom. The van der Waals surface area contributed by atoms with Crippen LogP contribution in [-0.2, 0) is 40.5 Å². The van der Waals surface area contributed by atoms with E-state index in [9.17, 15) is 13.2 Å². The number of amides is 1. The molecule has 1 atom stereocenters. The Bertz CT molecular complexity index is 1060. The first-order valence-corrected chi connectivity index (χ1v) is 12.5. The molecule has 11 nitrogen and oxygen atoms in total. The third-order valence-corrected chi connectivity index (χ3v) is 7.20. The average Bonchev–Trinajstić information content (AvgIpc) is 3.25. The second-order valence-electron chi connectivity index (χ2n) is 7.17. The summed E-state index contributed by atoms with van der Waals surface area (Å²) < 4.78 is 41.7. The van der Waals surface area contributed by atoms with Gasteiger partial charge in [-0.25, -0.2) is 13.4 Å². The summed E-state index contributed by atoms with van der Waals surface area (Å²) in [6.07, 6.45) is 1.20. The molecule has 13 heteroatoms. The van der Waals surface area contributed by atoms with Gasteiger partial charge >= 0.3 is 0 Å². The molecule has 0 unspecified atom stereocenters. The Labute approximate surface area is 203 Å². The lowest BCUT2D eigenvalue weighted by molar-refractivity contribution is -0.110. The van der Waals surface area contributed by atoms with Crippen molar-refractivity contribution in [2.75, 3.05) is 53.5 Å². The number of benzene rings is 1. The van der Waals surface area contributed by atoms with E-state index in [1.807, 2.05) is 0 Å². The van der Waals surface area contributed by atoms with Crippen LogP contribution >= 0.6 is 11.3 Å². The molecule has 2 aromatic rings. The van der Waals surface area contributed by atoms with Gasteiger partial charge in [0.15, 0.2) is 10.8 Å². The fourth-order valence-corrected chi connectivity index (χ4v) is 4.60. The molecule has 0 bridgehead atoms. The number of hydrogen-bond donors (Lipinski definition) is 1. The molecule has 1 heterocycles. The maximum absolute atomic E-state index is 13.0. The van der Waals surface area contributed by atoms with E-state index >= 15 is 0 Å². The van der Waals surface area contributed by atoms with Crippen molar-refractivity contribution in [3.8, 4) is 0 Å². The smallest absolute Gasteiger partial charge is 0.280 e. The molecule has 0 aliphatic rings. The number of nitrogens with zero attached hydrogens (tertiary/aromatic N) is 3. The van der Waals surface area contributed by atoms with Crippen LogP contribution < -0.4 is 5.32 Å². The van der Waals surface area contributed by atoms with Gasteiger partial charge in [-0.05, 0) is 19.1 Å². The Morgan fingerprint density at radius 3 is 2.50 bits per heavy atom. The van der Waals surface area contributed by atoms with Crippen molar-refractivity contribution in [2.24, 2.45) is 5.16 Å². The van der Waals surface area contributed by atoms with Crippen LogP contribution in [0.25, 0.3) is 0 Å². The molecule has 1 aromatic carbocycles. The predicted octanol–water partition coefficient (Wildman–Crippen LogP) is 1.95. The number of rotatable bonds is 14. The van der Waals surface area contributed by atoms with E-state index in [4.69, 9.17) is 19.0 Å². The fourth-order valence-electron chi connectivity index (χ4n) is 2.67. The Balaban J connectivity index is 2.29. The van der Waals surface area contributed by atoms with E-state index in [2.05, 4.69) is 15.5 Å². The number of methoxy groups -OCH3 is 3. The summed E-state index contributed by atoms with van der Waals surface area (Å²) in [5.74, 6) is -0.559. The minimum Gasteiger partial charge on any atom is -0.390 e. The highest BCUT2D eigenvalue weighted by Crippen LogP contribution is 2.20. The number of carbonyl (C=O) groups excluding carboxylic acids is 1. The van der Waals surface area contributed by atoms with Gasteiger partial charge in [-0.2, -0.15) is 4.31 Å². The number of nitrogens with one attached hydrogen (secondary N) is 1. The van der Waals surface area contributed by atoms with Crippen LogP contribution in [0.2, 0.25) is 0 Å². The number of ether oxygens (including phenoxy) is 3. The van der Waals surface area contributed by atoms with Crippen molar-refractivity contribution < 1.29 is 32.3 Å². The molecule has 0 fully saturated rings. The normalized spacial score (nSPS) is 13.2. The monoisotopic (exact) mass is 514 g/mol. The van der Waals surface area contributed by atoms with Gasteiger partial charge in [-0.1, -0.05) is 28.6 Å². The Kier molecular flexibility index (Phi) is 11.0. The summed E-state index contributed by atoms with van der Waals surface area (Å²) in [5, 5.41) is 7.08. The van der Waals surface area contributed by atoms with Crippen LogP contribution in [0.1, 0.15) is 17.4 Å². The molecular weight excluding hydrogens is 484 g/mol. The standard InChI is InChI=1S/C21H30N4O7S2/c1-15(13-30-4)32-24-19(20(26)23-21-22-12-17(33-21)14-31-5)16-6-8-18(9-7-16)34(27,28)25(2)10-11-29-3/h6-9,12,15H,10-11,13-14H2,1-5H3,(H,22,23,26)/b24-19+/t15-/m1/s1. The molecule has 0 aliphatic carbocycles. The van der Waals surface area contributed by atoms with Gasteiger partial charge < -0.3 is 19.0 Å². The average molecular weight is 515 g/mol. The highest BCUT2D eigenvalue weighted by atomic mass is 32.2. The number of anilines is 1. The molecular formula is C21H30N4O7S2. The summed E-state index contributed by atoms with van der Waals surface area (Å²) >= 11 is 1.27. The SMILES string of the molecule is COCCN(C)S(=O)(=O)c1ccc(/C(=N\O[C@H](C)COC)C(=O)Nc2ncc(COC)s2)cc1. The summed E-state index contributed by atoms with van der Waals surface area (Å²) in [7, 11) is 2.36. The van der Waals surface area contributed by atoms with Gasteiger partial charge in [-0.15, -0.1) is 0 Å². The maximum atomic E-state index is 13.0. The molecule has 188 valence electrons. The number of carbonyl (C=O) groups is 1. The third-order valence-electron chi connectivity index (χ3n) is 4.45. The minimum atomic E-state index is -3.71. The molecule has 1 amide bonds. The van der Waals surface area contributed by atoms with Gasteiger partial charge in [0.1, 0.15) is 6.10 Å². The number of likely N-dealkylation sites (N-methyl/N-ethyl adjacent to an activating group) is 1. The van der Waals surface area contributed by atoms with E-state index in [1.54, 1.807) is 20.2 Å². The van der Waals surface area contributed by atoms with Gasteiger partial charge in [0, 0.05) is 46.7 Å². The van der Waals surface area contributed by atoms with Crippen LogP contribution in [0.3, 0.4) is 0 Å². The number of hydrogen-bond acceptors (Lipinski definition) is 10. The van der Waals surface area contributed by atoms with Gasteiger partial charge in [0.2, 0.25) is 10.0 Å². The van der Waals surface area contributed by atoms with E-state index in [-0.39, 0.29) is 30.4 Å². The highest BCUT2D eigenvalue weighted by Gasteiger charge is 2.23. The first-order chi connectivity index (χ1) is 16.2. The van der Waals surface area contributed by atoms with Crippen LogP contribution in [-0.4, -0.2) is 83.6 Å². The molecule has 1 N–H and O–H groups in total. The summed E-state index contributed by atoms with van der Waals surface area (Å²) in [4.78, 5) is 23.5. The largest absolute Gasteiger partial charge is 0.390 e. The first kappa shape index (κ1) is 27.8. The first-order valence-electron chi connectivity index (χ1n) is 10.3. The second kappa shape index (κ2) is 13.5. The molecule has 34 heavy (non-hydrogen) atoms. The van der Waals surface area contributed by atoms with Crippen LogP contribution in [0, 0.1) is 0 Å². The van der Waals surface area contributed by atoms with Gasteiger partial charge in [-0.3, -0.25) is 10.1 Å². The zero-order chi connectivity index (χ0) is 25.1. The lowest BCUT2D eigenvalue weighted by Gasteiger charge is -2.17. The second-order valence-corrected chi connectivity index (χ2v) is 10.3. The van der Waals surface area contributed by atoms with Crippen molar-refractivity contribution in [3.63, 3.8) is 0 Å². The highest BCUT2D eigenvalue weighted by molar-refractivity contribution is 7.89. The van der Waals surface area contributed by atoms with Gasteiger partial charge in [0.25, 0.3) is 5.91 Å². The zero-order valence-electron chi connectivity index (χ0n) is 19.8.